The smallest absolute Gasteiger partial charge is 0.257 e. The van der Waals surface area contributed by atoms with Gasteiger partial charge < -0.3 is 10.1 Å². The van der Waals surface area contributed by atoms with Gasteiger partial charge in [0, 0.05) is 6.54 Å². The molecule has 20 heavy (non-hydrogen) atoms. The fourth-order valence-electron chi connectivity index (χ4n) is 1.78. The minimum Gasteiger partial charge on any atom is -0.437 e. The molecule has 2 aromatic rings. The predicted molar refractivity (Wildman–Crippen MR) is 75.5 cm³/mol. The average molecular weight is 268 g/mol. The van der Waals surface area contributed by atoms with E-state index >= 15 is 0 Å². The summed E-state index contributed by atoms with van der Waals surface area (Å²) >= 11 is 0. The van der Waals surface area contributed by atoms with Gasteiger partial charge in [-0.15, -0.1) is 5.10 Å². The SMILES string of the molecule is CNCc1ccc(Oc2nnc(C)c(C)c2C#N)cc1. The summed E-state index contributed by atoms with van der Waals surface area (Å²) in [5.74, 6) is 0.885. The van der Waals surface area contributed by atoms with Crippen LogP contribution in [0.5, 0.6) is 11.6 Å². The Balaban J connectivity index is 2.26. The van der Waals surface area contributed by atoms with Crippen LogP contribution in [-0.2, 0) is 6.54 Å². The number of aromatic nitrogens is 2. The fourth-order valence-corrected chi connectivity index (χ4v) is 1.78. The molecule has 0 aliphatic carbocycles. The molecule has 5 nitrogen and oxygen atoms in total. The molecule has 0 aliphatic heterocycles. The highest BCUT2D eigenvalue weighted by molar-refractivity contribution is 5.46. The van der Waals surface area contributed by atoms with Gasteiger partial charge in [0.15, 0.2) is 0 Å². The van der Waals surface area contributed by atoms with Crippen LogP contribution in [0.3, 0.4) is 0 Å². The Morgan fingerprint density at radius 3 is 2.50 bits per heavy atom. The predicted octanol–water partition coefficient (Wildman–Crippen LogP) is 2.48. The molecule has 2 rings (SSSR count). The largest absolute Gasteiger partial charge is 0.437 e. The Bertz CT molecular complexity index is 644. The van der Waals surface area contributed by atoms with Crippen LogP contribution >= 0.6 is 0 Å². The van der Waals surface area contributed by atoms with E-state index in [2.05, 4.69) is 21.6 Å². The van der Waals surface area contributed by atoms with Crippen LogP contribution in [0.1, 0.15) is 22.4 Å². The third-order valence-corrected chi connectivity index (χ3v) is 3.05. The molecule has 0 atom stereocenters. The van der Waals surface area contributed by atoms with E-state index in [0.717, 1.165) is 23.4 Å². The fraction of sp³-hybridized carbons (Fsp3) is 0.267. The van der Waals surface area contributed by atoms with Gasteiger partial charge in [0.1, 0.15) is 17.4 Å². The van der Waals surface area contributed by atoms with Gasteiger partial charge in [-0.25, -0.2) is 0 Å². The maximum atomic E-state index is 9.21. The molecule has 0 saturated heterocycles. The maximum Gasteiger partial charge on any atom is 0.257 e. The highest BCUT2D eigenvalue weighted by atomic mass is 16.5. The molecule has 0 unspecified atom stereocenters. The number of hydrogen-bond acceptors (Lipinski definition) is 5. The van der Waals surface area contributed by atoms with Gasteiger partial charge in [-0.1, -0.05) is 12.1 Å². The molecule has 0 radical (unpaired) electrons. The summed E-state index contributed by atoms with van der Waals surface area (Å²) in [5.41, 5.74) is 3.12. The zero-order valence-electron chi connectivity index (χ0n) is 11.8. The second kappa shape index (κ2) is 6.13. The van der Waals surface area contributed by atoms with Gasteiger partial charge in [-0.3, -0.25) is 0 Å². The summed E-state index contributed by atoms with van der Waals surface area (Å²) in [4.78, 5) is 0. The molecular weight excluding hydrogens is 252 g/mol. The molecule has 0 aliphatic rings. The van der Waals surface area contributed by atoms with Gasteiger partial charge in [-0.05, 0) is 44.2 Å². The van der Waals surface area contributed by atoms with E-state index in [1.54, 1.807) is 0 Å². The lowest BCUT2D eigenvalue weighted by Gasteiger charge is -2.09. The lowest BCUT2D eigenvalue weighted by atomic mass is 10.1. The number of nitriles is 1. The Labute approximate surface area is 118 Å². The minimum absolute atomic E-state index is 0.247. The third-order valence-electron chi connectivity index (χ3n) is 3.05. The summed E-state index contributed by atoms with van der Waals surface area (Å²) in [6.45, 7) is 4.46. The van der Waals surface area contributed by atoms with Crippen LogP contribution in [0, 0.1) is 25.2 Å². The van der Waals surface area contributed by atoms with Crippen LogP contribution in [0.25, 0.3) is 0 Å². The van der Waals surface area contributed by atoms with Gasteiger partial charge >= 0.3 is 0 Å². The number of ether oxygens (including phenoxy) is 1. The van der Waals surface area contributed by atoms with E-state index in [-0.39, 0.29) is 5.88 Å². The molecule has 1 aromatic carbocycles. The van der Waals surface area contributed by atoms with Crippen molar-refractivity contribution < 1.29 is 4.74 Å². The number of aryl methyl sites for hydroxylation is 1. The highest BCUT2D eigenvalue weighted by Crippen LogP contribution is 2.25. The van der Waals surface area contributed by atoms with Crippen LogP contribution < -0.4 is 10.1 Å². The van der Waals surface area contributed by atoms with Crippen molar-refractivity contribution in [2.75, 3.05) is 7.05 Å². The molecule has 1 N–H and O–H groups in total. The molecule has 0 bridgehead atoms. The molecule has 1 heterocycles. The summed E-state index contributed by atoms with van der Waals surface area (Å²) in [5, 5.41) is 20.2. The second-order valence-electron chi connectivity index (χ2n) is 4.48. The number of nitrogens with zero attached hydrogens (tertiary/aromatic N) is 3. The van der Waals surface area contributed by atoms with E-state index in [1.165, 1.54) is 0 Å². The molecule has 0 amide bonds. The van der Waals surface area contributed by atoms with Crippen LogP contribution in [0.15, 0.2) is 24.3 Å². The van der Waals surface area contributed by atoms with Crippen LogP contribution in [-0.4, -0.2) is 17.2 Å². The molecule has 1 aromatic heterocycles. The molecule has 102 valence electrons. The quantitative estimate of drug-likeness (QED) is 0.922. The molecule has 0 spiro atoms. The Hall–Kier alpha value is -2.45. The van der Waals surface area contributed by atoms with Crippen molar-refractivity contribution in [3.63, 3.8) is 0 Å². The van der Waals surface area contributed by atoms with E-state index < -0.39 is 0 Å². The lowest BCUT2D eigenvalue weighted by Crippen LogP contribution is -2.04. The number of hydrogen-bond donors (Lipinski definition) is 1. The average Bonchev–Trinajstić information content (AvgIpc) is 2.46. The van der Waals surface area contributed by atoms with E-state index in [1.807, 2.05) is 45.2 Å². The van der Waals surface area contributed by atoms with Gasteiger partial charge in [-0.2, -0.15) is 10.4 Å². The van der Waals surface area contributed by atoms with Crippen molar-refractivity contribution in [2.45, 2.75) is 20.4 Å². The lowest BCUT2D eigenvalue weighted by molar-refractivity contribution is 0.451. The van der Waals surface area contributed by atoms with E-state index in [0.29, 0.717) is 11.3 Å². The molecule has 5 heteroatoms. The first-order valence-corrected chi connectivity index (χ1v) is 6.31. The summed E-state index contributed by atoms with van der Waals surface area (Å²) in [6, 6.07) is 9.75. The normalized spacial score (nSPS) is 10.1. The van der Waals surface area contributed by atoms with Crippen LogP contribution in [0.4, 0.5) is 0 Å². The Morgan fingerprint density at radius 1 is 1.20 bits per heavy atom. The number of rotatable bonds is 4. The highest BCUT2D eigenvalue weighted by Gasteiger charge is 2.12. The zero-order chi connectivity index (χ0) is 14.5. The summed E-state index contributed by atoms with van der Waals surface area (Å²) in [7, 11) is 1.90. The molecule has 0 saturated carbocycles. The van der Waals surface area contributed by atoms with Crippen molar-refractivity contribution in [1.29, 1.82) is 5.26 Å². The number of nitrogens with one attached hydrogen (secondary N) is 1. The van der Waals surface area contributed by atoms with Gasteiger partial charge in [0.2, 0.25) is 0 Å². The summed E-state index contributed by atoms with van der Waals surface area (Å²) < 4.78 is 5.65. The first kappa shape index (κ1) is 14.0. The van der Waals surface area contributed by atoms with Gasteiger partial charge in [0.25, 0.3) is 5.88 Å². The molecular formula is C15H16N4O. The van der Waals surface area contributed by atoms with Gasteiger partial charge in [0.05, 0.1) is 5.69 Å². The third kappa shape index (κ3) is 2.92. The van der Waals surface area contributed by atoms with Crippen molar-refractivity contribution in [2.24, 2.45) is 0 Å². The van der Waals surface area contributed by atoms with Crippen molar-refractivity contribution in [3.8, 4) is 17.7 Å². The van der Waals surface area contributed by atoms with Crippen molar-refractivity contribution in [3.05, 3.63) is 46.6 Å². The minimum atomic E-state index is 0.247. The second-order valence-corrected chi connectivity index (χ2v) is 4.48. The molecule has 0 fully saturated rings. The standard InChI is InChI=1S/C15H16N4O/c1-10-11(2)18-19-15(14(10)8-16)20-13-6-4-12(5-7-13)9-17-3/h4-7,17H,9H2,1-3H3. The monoisotopic (exact) mass is 268 g/mol. The Morgan fingerprint density at radius 2 is 1.90 bits per heavy atom. The zero-order valence-corrected chi connectivity index (χ0v) is 11.8. The number of benzene rings is 1. The topological polar surface area (TPSA) is 70.8 Å². The maximum absolute atomic E-state index is 9.21. The van der Waals surface area contributed by atoms with Crippen molar-refractivity contribution in [1.82, 2.24) is 15.5 Å². The first-order chi connectivity index (χ1) is 9.65. The van der Waals surface area contributed by atoms with Crippen molar-refractivity contribution >= 4 is 0 Å². The summed E-state index contributed by atoms with van der Waals surface area (Å²) in [6.07, 6.45) is 0. The van der Waals surface area contributed by atoms with Crippen LogP contribution in [0.2, 0.25) is 0 Å². The first-order valence-electron chi connectivity index (χ1n) is 6.31. The van der Waals surface area contributed by atoms with E-state index in [9.17, 15) is 5.26 Å². The van der Waals surface area contributed by atoms with E-state index in [4.69, 9.17) is 4.74 Å². The Kier molecular flexibility index (Phi) is 4.28.